The fraction of sp³-hybridized carbons (Fsp3) is 0.235. The highest BCUT2D eigenvalue weighted by atomic mass is 32.2. The van der Waals surface area contributed by atoms with E-state index >= 15 is 0 Å². The molecule has 138 valence electrons. The zero-order valence-electron chi connectivity index (χ0n) is 13.7. The fourth-order valence-electron chi connectivity index (χ4n) is 2.76. The van der Waals surface area contributed by atoms with Crippen molar-refractivity contribution in [3.8, 4) is 0 Å². The quantitative estimate of drug-likeness (QED) is 0.881. The van der Waals surface area contributed by atoms with E-state index in [1.54, 1.807) is 12.1 Å². The van der Waals surface area contributed by atoms with Crippen LogP contribution in [0, 0.1) is 6.92 Å². The van der Waals surface area contributed by atoms with E-state index in [9.17, 15) is 21.6 Å². The maximum atomic E-state index is 13.2. The first kappa shape index (κ1) is 18.4. The van der Waals surface area contributed by atoms with Gasteiger partial charge in [-0.05, 0) is 36.8 Å². The van der Waals surface area contributed by atoms with Crippen molar-refractivity contribution in [1.29, 1.82) is 0 Å². The predicted molar refractivity (Wildman–Crippen MR) is 92.3 cm³/mol. The van der Waals surface area contributed by atoms with Crippen molar-refractivity contribution >= 4 is 21.4 Å². The molecule has 1 heterocycles. The lowest BCUT2D eigenvalue weighted by molar-refractivity contribution is -0.0600. The molecule has 0 saturated carbocycles. The Morgan fingerprint density at radius 2 is 1.65 bits per heavy atom. The first-order chi connectivity index (χ1) is 12.1. The van der Waals surface area contributed by atoms with Gasteiger partial charge in [0.15, 0.2) is 0 Å². The summed E-state index contributed by atoms with van der Waals surface area (Å²) < 4.78 is 62.2. The summed E-state index contributed by atoms with van der Waals surface area (Å²) in [4.78, 5) is -0.118. The van der Waals surface area contributed by atoms with Crippen LogP contribution in [0.5, 0.6) is 0 Å². The molecule has 0 amide bonds. The zero-order valence-corrected chi connectivity index (χ0v) is 14.6. The molecule has 2 aromatic carbocycles. The molecule has 3 rings (SSSR count). The molecule has 26 heavy (non-hydrogen) atoms. The molecule has 2 aromatic rings. The van der Waals surface area contributed by atoms with E-state index in [0.29, 0.717) is 11.3 Å². The molecule has 0 bridgehead atoms. The van der Waals surface area contributed by atoms with Gasteiger partial charge in [0.2, 0.25) is 10.0 Å². The van der Waals surface area contributed by atoms with E-state index in [1.807, 2.05) is 19.1 Å². The van der Waals surface area contributed by atoms with Gasteiger partial charge in [-0.1, -0.05) is 29.8 Å². The second-order valence-electron chi connectivity index (χ2n) is 6.06. The van der Waals surface area contributed by atoms with Crippen LogP contribution >= 0.6 is 0 Å². The van der Waals surface area contributed by atoms with Crippen molar-refractivity contribution in [1.82, 2.24) is 0 Å². The highest BCUT2D eigenvalue weighted by Crippen LogP contribution is 2.39. The molecule has 0 spiro atoms. The molecule has 0 saturated heterocycles. The van der Waals surface area contributed by atoms with Gasteiger partial charge in [0, 0.05) is 6.42 Å². The van der Waals surface area contributed by atoms with Crippen molar-refractivity contribution in [2.75, 3.05) is 5.01 Å². The van der Waals surface area contributed by atoms with E-state index in [0.717, 1.165) is 5.56 Å². The standard InChI is InChI=1S/C17H16F3N3O2S/c1-11-2-4-12(5-3-11)15-10-16(17(18,19)20)22-23(15)13-6-8-14(9-7-13)26(21,24)25/h2-9,15H,10H2,1H3,(H2,21,24,25). The number of hydrazone groups is 1. The molecular formula is C17H16F3N3O2S. The second-order valence-corrected chi connectivity index (χ2v) is 7.62. The maximum absolute atomic E-state index is 13.2. The number of alkyl halides is 3. The molecule has 0 aliphatic carbocycles. The normalized spacial score (nSPS) is 18.1. The Morgan fingerprint density at radius 1 is 1.08 bits per heavy atom. The molecule has 0 aromatic heterocycles. The van der Waals surface area contributed by atoms with Gasteiger partial charge < -0.3 is 0 Å². The Bertz CT molecular complexity index is 937. The number of primary sulfonamides is 1. The summed E-state index contributed by atoms with van der Waals surface area (Å²) in [7, 11) is -3.88. The van der Waals surface area contributed by atoms with Crippen LogP contribution in [-0.4, -0.2) is 20.3 Å². The monoisotopic (exact) mass is 383 g/mol. The predicted octanol–water partition coefficient (Wildman–Crippen LogP) is 3.51. The van der Waals surface area contributed by atoms with E-state index in [1.165, 1.54) is 29.3 Å². The summed E-state index contributed by atoms with van der Waals surface area (Å²) in [5.41, 5.74) is 1.16. The van der Waals surface area contributed by atoms with Crippen LogP contribution in [0.4, 0.5) is 18.9 Å². The van der Waals surface area contributed by atoms with Gasteiger partial charge in [0.25, 0.3) is 0 Å². The zero-order chi connectivity index (χ0) is 19.1. The van der Waals surface area contributed by atoms with Crippen molar-refractivity contribution in [3.05, 3.63) is 59.7 Å². The Labute approximate surface area is 149 Å². The maximum Gasteiger partial charge on any atom is 0.431 e. The number of hydrogen-bond donors (Lipinski definition) is 1. The number of aryl methyl sites for hydroxylation is 1. The molecular weight excluding hydrogens is 367 g/mol. The van der Waals surface area contributed by atoms with E-state index in [4.69, 9.17) is 5.14 Å². The van der Waals surface area contributed by atoms with Crippen molar-refractivity contribution in [3.63, 3.8) is 0 Å². The van der Waals surface area contributed by atoms with Crippen LogP contribution in [0.25, 0.3) is 0 Å². The number of rotatable bonds is 3. The first-order valence-corrected chi connectivity index (χ1v) is 9.24. The molecule has 1 aliphatic heterocycles. The third kappa shape index (κ3) is 3.73. The van der Waals surface area contributed by atoms with Gasteiger partial charge in [-0.3, -0.25) is 5.01 Å². The first-order valence-electron chi connectivity index (χ1n) is 7.69. The molecule has 2 N–H and O–H groups in total. The number of hydrogen-bond acceptors (Lipinski definition) is 4. The van der Waals surface area contributed by atoms with E-state index in [-0.39, 0.29) is 11.3 Å². The molecule has 0 fully saturated rings. The summed E-state index contributed by atoms with van der Waals surface area (Å²) in [5, 5.41) is 10.1. The lowest BCUT2D eigenvalue weighted by atomic mass is 10.00. The average molecular weight is 383 g/mol. The Balaban J connectivity index is 2.01. The number of nitrogens with zero attached hydrogens (tertiary/aromatic N) is 2. The van der Waals surface area contributed by atoms with Crippen LogP contribution in [0.15, 0.2) is 58.5 Å². The summed E-state index contributed by atoms with van der Waals surface area (Å²) in [6.07, 6.45) is -4.82. The van der Waals surface area contributed by atoms with Gasteiger partial charge in [-0.2, -0.15) is 18.3 Å². The van der Waals surface area contributed by atoms with Crippen LogP contribution < -0.4 is 10.1 Å². The van der Waals surface area contributed by atoms with E-state index < -0.39 is 28.0 Å². The van der Waals surface area contributed by atoms with Crippen molar-refractivity contribution in [2.45, 2.75) is 30.5 Å². The highest BCUT2D eigenvalue weighted by Gasteiger charge is 2.43. The third-order valence-corrected chi connectivity index (χ3v) is 5.06. The van der Waals surface area contributed by atoms with Crippen LogP contribution in [-0.2, 0) is 10.0 Å². The van der Waals surface area contributed by atoms with E-state index in [2.05, 4.69) is 5.10 Å². The number of nitrogens with two attached hydrogens (primary N) is 1. The van der Waals surface area contributed by atoms with Gasteiger partial charge in [-0.25, -0.2) is 13.6 Å². The van der Waals surface area contributed by atoms with Crippen LogP contribution in [0.2, 0.25) is 0 Å². The lowest BCUT2D eigenvalue weighted by Crippen LogP contribution is -2.21. The molecule has 1 aliphatic rings. The molecule has 9 heteroatoms. The minimum Gasteiger partial charge on any atom is -0.257 e. The van der Waals surface area contributed by atoms with Gasteiger partial charge in [-0.15, -0.1) is 0 Å². The molecule has 1 atom stereocenters. The number of anilines is 1. The Hall–Kier alpha value is -2.39. The summed E-state index contributed by atoms with van der Waals surface area (Å²) in [6.45, 7) is 1.89. The fourth-order valence-corrected chi connectivity index (χ4v) is 3.27. The number of sulfonamides is 1. The molecule has 1 unspecified atom stereocenters. The minimum atomic E-state index is -4.53. The highest BCUT2D eigenvalue weighted by molar-refractivity contribution is 7.89. The van der Waals surface area contributed by atoms with Gasteiger partial charge >= 0.3 is 6.18 Å². The molecule has 0 radical (unpaired) electrons. The Kier molecular flexibility index (Phi) is 4.53. The van der Waals surface area contributed by atoms with Gasteiger partial charge in [0.1, 0.15) is 5.71 Å². The number of benzene rings is 2. The smallest absolute Gasteiger partial charge is 0.257 e. The summed E-state index contributed by atoms with van der Waals surface area (Å²) in [6, 6.07) is 11.8. The summed E-state index contributed by atoms with van der Waals surface area (Å²) >= 11 is 0. The second kappa shape index (κ2) is 6.40. The summed E-state index contributed by atoms with van der Waals surface area (Å²) in [5.74, 6) is 0. The van der Waals surface area contributed by atoms with Crippen LogP contribution in [0.1, 0.15) is 23.6 Å². The largest absolute Gasteiger partial charge is 0.431 e. The topological polar surface area (TPSA) is 75.8 Å². The Morgan fingerprint density at radius 3 is 2.15 bits per heavy atom. The average Bonchev–Trinajstić information content (AvgIpc) is 3.00. The van der Waals surface area contributed by atoms with Gasteiger partial charge in [0.05, 0.1) is 16.6 Å². The molecule has 5 nitrogen and oxygen atoms in total. The van der Waals surface area contributed by atoms with Crippen molar-refractivity contribution < 1.29 is 21.6 Å². The third-order valence-electron chi connectivity index (χ3n) is 4.13. The lowest BCUT2D eigenvalue weighted by Gasteiger charge is -2.24. The number of halogens is 3. The van der Waals surface area contributed by atoms with Crippen LogP contribution in [0.3, 0.4) is 0 Å². The SMILES string of the molecule is Cc1ccc(C2CC(C(F)(F)F)=NN2c2ccc(S(N)(=O)=O)cc2)cc1. The minimum absolute atomic E-state index is 0.118. The van der Waals surface area contributed by atoms with Crippen molar-refractivity contribution in [2.24, 2.45) is 10.2 Å².